The first-order chi connectivity index (χ1) is 9.90. The number of carboxylic acid groups (broad SMARTS) is 1. The zero-order valence-electron chi connectivity index (χ0n) is 11.8. The van der Waals surface area contributed by atoms with Crippen LogP contribution in [0.1, 0.15) is 30.9 Å². The lowest BCUT2D eigenvalue weighted by molar-refractivity contribution is -0.137. The van der Waals surface area contributed by atoms with Gasteiger partial charge in [-0.3, -0.25) is 4.79 Å². The van der Waals surface area contributed by atoms with Crippen LogP contribution in [0.2, 0.25) is 0 Å². The molecule has 0 fully saturated rings. The summed E-state index contributed by atoms with van der Waals surface area (Å²) in [5, 5.41) is 17.6. The van der Waals surface area contributed by atoms with E-state index in [1.165, 1.54) is 4.31 Å². The summed E-state index contributed by atoms with van der Waals surface area (Å²) in [5.41, 5.74) is 1.08. The van der Waals surface area contributed by atoms with Gasteiger partial charge in [0.25, 0.3) is 0 Å². The lowest BCUT2D eigenvalue weighted by atomic mass is 10.1. The smallest absolute Gasteiger partial charge is 0.303 e. The number of carboxylic acids is 1. The molecule has 0 bridgehead atoms. The fraction of sp³-hybridized carbons (Fsp3) is 0.429. The molecule has 0 aliphatic carbocycles. The Hall–Kier alpha value is -1.91. The molecule has 0 spiro atoms. The van der Waals surface area contributed by atoms with E-state index in [4.69, 9.17) is 10.4 Å². The van der Waals surface area contributed by atoms with E-state index in [0.29, 0.717) is 11.1 Å². The third-order valence-electron chi connectivity index (χ3n) is 3.02. The maximum Gasteiger partial charge on any atom is 0.303 e. The lowest BCUT2D eigenvalue weighted by Gasteiger charge is -2.20. The fourth-order valence-corrected chi connectivity index (χ4v) is 3.40. The third-order valence-corrected chi connectivity index (χ3v) is 5.00. The van der Waals surface area contributed by atoms with E-state index >= 15 is 0 Å². The molecule has 0 unspecified atom stereocenters. The number of nitriles is 1. The first-order valence-corrected chi connectivity index (χ1v) is 8.19. The third kappa shape index (κ3) is 5.17. The Morgan fingerprint density at radius 2 is 2.05 bits per heavy atom. The average Bonchev–Trinajstić information content (AvgIpc) is 2.44. The molecule has 1 aromatic carbocycles. The minimum Gasteiger partial charge on any atom is -0.481 e. The molecule has 0 aliphatic heterocycles. The van der Waals surface area contributed by atoms with Gasteiger partial charge in [0.1, 0.15) is 0 Å². The fourth-order valence-electron chi connectivity index (χ4n) is 1.90. The van der Waals surface area contributed by atoms with Gasteiger partial charge in [-0.05, 0) is 18.1 Å². The first kappa shape index (κ1) is 17.1. The molecule has 1 N–H and O–H groups in total. The van der Waals surface area contributed by atoms with Crippen LogP contribution >= 0.6 is 0 Å². The highest BCUT2D eigenvalue weighted by molar-refractivity contribution is 7.89. The maximum absolute atomic E-state index is 12.2. The summed E-state index contributed by atoms with van der Waals surface area (Å²) >= 11 is 0. The van der Waals surface area contributed by atoms with E-state index in [1.54, 1.807) is 31.2 Å². The Bertz CT molecular complexity index is 635. The molecule has 0 saturated carbocycles. The van der Waals surface area contributed by atoms with E-state index in [9.17, 15) is 13.2 Å². The van der Waals surface area contributed by atoms with Gasteiger partial charge in [0.05, 0.1) is 17.4 Å². The summed E-state index contributed by atoms with van der Waals surface area (Å²) in [7, 11) is -3.53. The van der Waals surface area contributed by atoms with Crippen LogP contribution in [0.5, 0.6) is 0 Å². The number of aliphatic carboxylic acids is 1. The number of rotatable bonds is 8. The number of nitrogens with zero attached hydrogens (tertiary/aromatic N) is 2. The molecular formula is C14H18N2O4S. The molecule has 0 saturated heterocycles. The predicted octanol–water partition coefficient (Wildman–Crippen LogP) is 1.57. The summed E-state index contributed by atoms with van der Waals surface area (Å²) < 4.78 is 25.7. The number of hydrogen-bond acceptors (Lipinski definition) is 4. The van der Waals surface area contributed by atoms with E-state index in [2.05, 4.69) is 0 Å². The molecule has 1 aromatic rings. The molecule has 0 radical (unpaired) electrons. The van der Waals surface area contributed by atoms with Crippen LogP contribution in [0.4, 0.5) is 0 Å². The predicted molar refractivity (Wildman–Crippen MR) is 77.9 cm³/mol. The van der Waals surface area contributed by atoms with Crippen molar-refractivity contribution >= 4 is 16.0 Å². The molecule has 0 atom stereocenters. The van der Waals surface area contributed by atoms with Crippen molar-refractivity contribution in [2.24, 2.45) is 0 Å². The second kappa shape index (κ2) is 7.76. The molecule has 1 rings (SSSR count). The van der Waals surface area contributed by atoms with Gasteiger partial charge in [0.2, 0.25) is 10.0 Å². The number of sulfonamides is 1. The Morgan fingerprint density at radius 1 is 1.38 bits per heavy atom. The minimum absolute atomic E-state index is 0.0774. The van der Waals surface area contributed by atoms with Crippen molar-refractivity contribution in [1.29, 1.82) is 5.26 Å². The molecule has 7 heteroatoms. The highest BCUT2D eigenvalue weighted by Crippen LogP contribution is 2.14. The van der Waals surface area contributed by atoms with Gasteiger partial charge < -0.3 is 5.11 Å². The van der Waals surface area contributed by atoms with Crippen molar-refractivity contribution in [3.8, 4) is 6.07 Å². The Balaban J connectivity index is 2.83. The van der Waals surface area contributed by atoms with Gasteiger partial charge in [-0.15, -0.1) is 0 Å². The Morgan fingerprint density at radius 3 is 2.62 bits per heavy atom. The van der Waals surface area contributed by atoms with Crippen molar-refractivity contribution in [2.45, 2.75) is 26.3 Å². The van der Waals surface area contributed by atoms with Crippen molar-refractivity contribution in [1.82, 2.24) is 4.31 Å². The van der Waals surface area contributed by atoms with Crippen LogP contribution in [-0.2, 0) is 21.4 Å². The first-order valence-electron chi connectivity index (χ1n) is 6.58. The van der Waals surface area contributed by atoms with Gasteiger partial charge in [0, 0.05) is 19.5 Å². The minimum atomic E-state index is -3.53. The van der Waals surface area contributed by atoms with E-state index in [1.807, 2.05) is 6.07 Å². The van der Waals surface area contributed by atoms with Crippen LogP contribution in [0.3, 0.4) is 0 Å². The zero-order valence-corrected chi connectivity index (χ0v) is 12.6. The molecule has 0 aromatic heterocycles. The topological polar surface area (TPSA) is 98.5 Å². The van der Waals surface area contributed by atoms with E-state index in [-0.39, 0.29) is 31.7 Å². The van der Waals surface area contributed by atoms with Crippen LogP contribution in [0.15, 0.2) is 24.3 Å². The van der Waals surface area contributed by atoms with Crippen LogP contribution in [0, 0.1) is 11.3 Å². The molecule has 114 valence electrons. The second-order valence-electron chi connectivity index (χ2n) is 4.51. The van der Waals surface area contributed by atoms with Gasteiger partial charge in [0.15, 0.2) is 0 Å². The summed E-state index contributed by atoms with van der Waals surface area (Å²) in [6.45, 7) is 2.11. The molecule has 0 aliphatic rings. The zero-order chi connectivity index (χ0) is 15.9. The summed E-state index contributed by atoms with van der Waals surface area (Å²) in [5.74, 6) is -1.22. The standard InChI is InChI=1S/C14H18N2O4S/c1-2-16(21(19,20)9-5-8-14(17)18)11-13-7-4-3-6-12(13)10-15/h3-4,6-7H,2,5,8-9,11H2,1H3,(H,17,18). The van der Waals surface area contributed by atoms with Crippen LogP contribution in [-0.4, -0.2) is 36.1 Å². The highest BCUT2D eigenvalue weighted by Gasteiger charge is 2.21. The molecule has 6 nitrogen and oxygen atoms in total. The van der Waals surface area contributed by atoms with Crippen molar-refractivity contribution in [2.75, 3.05) is 12.3 Å². The average molecular weight is 310 g/mol. The van der Waals surface area contributed by atoms with Gasteiger partial charge in [-0.2, -0.15) is 9.57 Å². The number of carbonyl (C=O) groups is 1. The van der Waals surface area contributed by atoms with Crippen molar-refractivity contribution in [3.05, 3.63) is 35.4 Å². The van der Waals surface area contributed by atoms with Gasteiger partial charge in [-0.25, -0.2) is 8.42 Å². The summed E-state index contributed by atoms with van der Waals surface area (Å²) in [6, 6.07) is 8.86. The molecule has 21 heavy (non-hydrogen) atoms. The van der Waals surface area contributed by atoms with Gasteiger partial charge in [-0.1, -0.05) is 25.1 Å². The monoisotopic (exact) mass is 310 g/mol. The molecule has 0 amide bonds. The van der Waals surface area contributed by atoms with Crippen molar-refractivity contribution < 1.29 is 18.3 Å². The Kier molecular flexibility index (Phi) is 6.34. The normalized spacial score (nSPS) is 11.3. The SMILES string of the molecule is CCN(Cc1ccccc1C#N)S(=O)(=O)CCCC(=O)O. The molecular weight excluding hydrogens is 292 g/mol. The van der Waals surface area contributed by atoms with E-state index in [0.717, 1.165) is 0 Å². The summed E-state index contributed by atoms with van der Waals surface area (Å²) in [6.07, 6.45) is -0.0976. The van der Waals surface area contributed by atoms with Crippen molar-refractivity contribution in [3.63, 3.8) is 0 Å². The largest absolute Gasteiger partial charge is 0.481 e. The van der Waals surface area contributed by atoms with Crippen LogP contribution in [0.25, 0.3) is 0 Å². The lowest BCUT2D eigenvalue weighted by Crippen LogP contribution is -2.32. The van der Waals surface area contributed by atoms with E-state index < -0.39 is 16.0 Å². The van der Waals surface area contributed by atoms with Crippen LogP contribution < -0.4 is 0 Å². The second-order valence-corrected chi connectivity index (χ2v) is 6.60. The summed E-state index contributed by atoms with van der Waals surface area (Å²) in [4.78, 5) is 10.5. The maximum atomic E-state index is 12.2. The highest BCUT2D eigenvalue weighted by atomic mass is 32.2. The Labute approximate surface area is 124 Å². The number of hydrogen-bond donors (Lipinski definition) is 1. The van der Waals surface area contributed by atoms with Gasteiger partial charge >= 0.3 is 5.97 Å². The molecule has 0 heterocycles. The quantitative estimate of drug-likeness (QED) is 0.786. The number of benzene rings is 1.